The number of amides is 1. The molecule has 0 radical (unpaired) electrons. The first-order valence-electron chi connectivity index (χ1n) is 11.7. The van der Waals surface area contributed by atoms with Crippen LogP contribution in [0.3, 0.4) is 0 Å². The second-order valence-electron chi connectivity index (χ2n) is 9.02. The summed E-state index contributed by atoms with van der Waals surface area (Å²) in [6, 6.07) is 9.11. The number of aryl methyl sites for hydroxylation is 4. The zero-order valence-corrected chi connectivity index (χ0v) is 21.2. The van der Waals surface area contributed by atoms with Gasteiger partial charge in [-0.2, -0.15) is 4.31 Å². The molecule has 1 amide bonds. The fraction of sp³-hybridized carbons (Fsp3) is 0.500. The number of carbonyl (C=O) groups is 1. The molecule has 3 rings (SSSR count). The molecule has 0 aliphatic carbocycles. The summed E-state index contributed by atoms with van der Waals surface area (Å²) < 4.78 is 33.1. The molecule has 2 aromatic rings. The summed E-state index contributed by atoms with van der Waals surface area (Å²) in [5, 5.41) is 3.08. The minimum atomic E-state index is -3.54. The van der Waals surface area contributed by atoms with Crippen LogP contribution in [-0.2, 0) is 21.2 Å². The number of hydrogen-bond donors (Lipinski definition) is 1. The van der Waals surface area contributed by atoms with Gasteiger partial charge in [-0.3, -0.25) is 4.79 Å². The van der Waals surface area contributed by atoms with Crippen molar-refractivity contribution >= 4 is 15.9 Å². The van der Waals surface area contributed by atoms with Crippen molar-refractivity contribution in [2.75, 3.05) is 20.2 Å². The van der Waals surface area contributed by atoms with Gasteiger partial charge in [-0.25, -0.2) is 8.42 Å². The van der Waals surface area contributed by atoms with Crippen LogP contribution in [0.25, 0.3) is 0 Å². The fourth-order valence-electron chi connectivity index (χ4n) is 4.45. The van der Waals surface area contributed by atoms with Gasteiger partial charge in [0.25, 0.3) is 0 Å². The van der Waals surface area contributed by atoms with Crippen LogP contribution in [0, 0.1) is 20.8 Å². The van der Waals surface area contributed by atoms with Crippen molar-refractivity contribution in [1.82, 2.24) is 9.62 Å². The third kappa shape index (κ3) is 5.95. The third-order valence-electron chi connectivity index (χ3n) is 6.55. The van der Waals surface area contributed by atoms with Gasteiger partial charge in [0.1, 0.15) is 5.75 Å². The van der Waals surface area contributed by atoms with E-state index in [-0.39, 0.29) is 23.3 Å². The van der Waals surface area contributed by atoms with Gasteiger partial charge in [-0.15, -0.1) is 0 Å². The number of methoxy groups -OCH3 is 1. The van der Waals surface area contributed by atoms with E-state index in [1.54, 1.807) is 29.6 Å². The van der Waals surface area contributed by atoms with Gasteiger partial charge in [0, 0.05) is 19.5 Å². The average Bonchev–Trinajstić information content (AvgIpc) is 2.80. The van der Waals surface area contributed by atoms with Crippen LogP contribution in [0.2, 0.25) is 0 Å². The quantitative estimate of drug-likeness (QED) is 0.609. The standard InChI is InChI=1S/C26H36N2O4S/c1-18-15-20(3)24(16-19(18)2)21(4)27-26(29)12-9-22-17-23(10-11-25(22)32-5)33(30,31)28-13-7-6-8-14-28/h10-11,15-17,21H,6-9,12-14H2,1-5H3,(H,27,29)/t21-/m1/s1. The highest BCUT2D eigenvalue weighted by Gasteiger charge is 2.26. The molecule has 1 aliphatic rings. The lowest BCUT2D eigenvalue weighted by Crippen LogP contribution is -2.35. The van der Waals surface area contributed by atoms with Crippen molar-refractivity contribution in [3.63, 3.8) is 0 Å². The lowest BCUT2D eigenvalue weighted by atomic mass is 9.96. The molecular weight excluding hydrogens is 436 g/mol. The molecule has 6 nitrogen and oxygen atoms in total. The molecule has 1 aliphatic heterocycles. The van der Waals surface area contributed by atoms with E-state index < -0.39 is 10.0 Å². The zero-order valence-electron chi connectivity index (χ0n) is 20.4. The van der Waals surface area contributed by atoms with Crippen LogP contribution < -0.4 is 10.1 Å². The molecule has 1 heterocycles. The SMILES string of the molecule is COc1ccc(S(=O)(=O)N2CCCCC2)cc1CCC(=O)N[C@H](C)c1cc(C)c(C)cc1C. The Labute approximate surface area is 198 Å². The molecule has 0 aromatic heterocycles. The van der Waals surface area contributed by atoms with E-state index in [2.05, 4.69) is 38.2 Å². The average molecular weight is 473 g/mol. The first kappa shape index (κ1) is 25.2. The van der Waals surface area contributed by atoms with Gasteiger partial charge >= 0.3 is 0 Å². The third-order valence-corrected chi connectivity index (χ3v) is 8.45. The van der Waals surface area contributed by atoms with Gasteiger partial charge in [-0.1, -0.05) is 18.6 Å². The Morgan fingerprint density at radius 2 is 1.70 bits per heavy atom. The van der Waals surface area contributed by atoms with Crippen molar-refractivity contribution in [3.8, 4) is 5.75 Å². The molecule has 1 saturated heterocycles. The normalized spacial score (nSPS) is 15.8. The molecule has 0 spiro atoms. The summed E-state index contributed by atoms with van der Waals surface area (Å²) in [6.07, 6.45) is 3.49. The van der Waals surface area contributed by atoms with E-state index in [9.17, 15) is 13.2 Å². The number of rotatable bonds is 8. The van der Waals surface area contributed by atoms with E-state index in [4.69, 9.17) is 4.74 Å². The Balaban J connectivity index is 1.70. The monoisotopic (exact) mass is 472 g/mol. The van der Waals surface area contributed by atoms with Crippen molar-refractivity contribution in [2.45, 2.75) is 70.7 Å². The summed E-state index contributed by atoms with van der Waals surface area (Å²) in [7, 11) is -1.98. The van der Waals surface area contributed by atoms with Crippen LogP contribution in [0.15, 0.2) is 35.2 Å². The molecule has 2 aromatic carbocycles. The topological polar surface area (TPSA) is 75.7 Å². The minimum Gasteiger partial charge on any atom is -0.496 e. The highest BCUT2D eigenvalue weighted by atomic mass is 32.2. The molecule has 0 saturated carbocycles. The van der Waals surface area contributed by atoms with Crippen molar-refractivity contribution < 1.29 is 17.9 Å². The van der Waals surface area contributed by atoms with Crippen molar-refractivity contribution in [2.24, 2.45) is 0 Å². The van der Waals surface area contributed by atoms with Crippen LogP contribution in [0.5, 0.6) is 5.75 Å². The fourth-order valence-corrected chi connectivity index (χ4v) is 6.02. The summed E-state index contributed by atoms with van der Waals surface area (Å²) in [4.78, 5) is 13.0. The second kappa shape index (κ2) is 10.7. The molecule has 0 unspecified atom stereocenters. The number of hydrogen-bond acceptors (Lipinski definition) is 4. The first-order valence-corrected chi connectivity index (χ1v) is 13.1. The first-order chi connectivity index (χ1) is 15.6. The Morgan fingerprint density at radius 1 is 1.03 bits per heavy atom. The molecule has 1 N–H and O–H groups in total. The number of ether oxygens (including phenoxy) is 1. The van der Waals surface area contributed by atoms with Gasteiger partial charge in [0.2, 0.25) is 15.9 Å². The van der Waals surface area contributed by atoms with Gasteiger partial charge in [0.15, 0.2) is 0 Å². The largest absolute Gasteiger partial charge is 0.496 e. The minimum absolute atomic E-state index is 0.0773. The Hall–Kier alpha value is -2.38. The molecule has 1 fully saturated rings. The van der Waals surface area contributed by atoms with Crippen molar-refractivity contribution in [1.29, 1.82) is 0 Å². The molecule has 0 bridgehead atoms. The number of sulfonamides is 1. The van der Waals surface area contributed by atoms with Crippen LogP contribution in [0.1, 0.15) is 66.5 Å². The van der Waals surface area contributed by atoms with E-state index in [0.717, 1.165) is 36.0 Å². The van der Waals surface area contributed by atoms with E-state index in [1.165, 1.54) is 11.1 Å². The highest BCUT2D eigenvalue weighted by molar-refractivity contribution is 7.89. The number of nitrogens with one attached hydrogen (secondary N) is 1. The number of benzene rings is 2. The summed E-state index contributed by atoms with van der Waals surface area (Å²) in [5.41, 5.74) is 5.43. The zero-order chi connectivity index (χ0) is 24.2. The summed E-state index contributed by atoms with van der Waals surface area (Å²) in [6.45, 7) is 9.32. The lowest BCUT2D eigenvalue weighted by Gasteiger charge is -2.26. The van der Waals surface area contributed by atoms with Gasteiger partial charge in [0.05, 0.1) is 18.0 Å². The number of piperidine rings is 1. The van der Waals surface area contributed by atoms with E-state index in [1.807, 2.05) is 6.92 Å². The van der Waals surface area contributed by atoms with Crippen LogP contribution >= 0.6 is 0 Å². The maximum Gasteiger partial charge on any atom is 0.243 e. The second-order valence-corrected chi connectivity index (χ2v) is 11.0. The van der Waals surface area contributed by atoms with Gasteiger partial charge < -0.3 is 10.1 Å². The van der Waals surface area contributed by atoms with Crippen LogP contribution in [-0.4, -0.2) is 38.8 Å². The lowest BCUT2D eigenvalue weighted by molar-refractivity contribution is -0.121. The molecule has 180 valence electrons. The molecule has 1 atom stereocenters. The maximum absolute atomic E-state index is 13.1. The number of nitrogens with zero attached hydrogens (tertiary/aromatic N) is 1. The highest BCUT2D eigenvalue weighted by Crippen LogP contribution is 2.27. The van der Waals surface area contributed by atoms with E-state index >= 15 is 0 Å². The number of carbonyl (C=O) groups excluding carboxylic acids is 1. The summed E-state index contributed by atoms with van der Waals surface area (Å²) >= 11 is 0. The van der Waals surface area contributed by atoms with Crippen molar-refractivity contribution in [3.05, 3.63) is 58.1 Å². The molecule has 33 heavy (non-hydrogen) atoms. The molecule has 7 heteroatoms. The smallest absolute Gasteiger partial charge is 0.243 e. The maximum atomic E-state index is 13.1. The Bertz CT molecular complexity index is 1110. The Kier molecular flexibility index (Phi) is 8.19. The summed E-state index contributed by atoms with van der Waals surface area (Å²) in [5.74, 6) is 0.518. The molecular formula is C26H36N2O4S. The predicted octanol–water partition coefficient (Wildman–Crippen LogP) is 4.61. The van der Waals surface area contributed by atoms with Gasteiger partial charge in [-0.05, 0) is 93.0 Å². The Morgan fingerprint density at radius 3 is 2.36 bits per heavy atom. The van der Waals surface area contributed by atoms with Crippen LogP contribution in [0.4, 0.5) is 0 Å². The van der Waals surface area contributed by atoms with E-state index in [0.29, 0.717) is 25.3 Å². The predicted molar refractivity (Wildman–Crippen MR) is 131 cm³/mol.